The maximum Gasteiger partial charge on any atom is 0.244 e. The zero-order chi connectivity index (χ0) is 17.3. The van der Waals surface area contributed by atoms with Gasteiger partial charge in [-0.05, 0) is 38.0 Å². The van der Waals surface area contributed by atoms with E-state index in [1.807, 2.05) is 19.9 Å². The van der Waals surface area contributed by atoms with Crippen LogP contribution in [0.15, 0.2) is 18.2 Å². The number of anilines is 2. The molecule has 0 unspecified atom stereocenters. The Bertz CT molecular complexity index is 735. The standard InChI is InChI=1S/C16H23N3O4S/c1-11-4-5-13(10-14(11)19-7-3-9-24(19,21)22)18-16(20)15-12(2)23-8-6-17-15/h4-5,10,12,15,17H,3,6-9H2,1-2H3,(H,18,20)/t12-,15+/m1/s1. The molecule has 1 amide bonds. The lowest BCUT2D eigenvalue weighted by atomic mass is 10.1. The Labute approximate surface area is 142 Å². The summed E-state index contributed by atoms with van der Waals surface area (Å²) in [4.78, 5) is 12.4. The topological polar surface area (TPSA) is 87.7 Å². The summed E-state index contributed by atoms with van der Waals surface area (Å²) in [6, 6.07) is 4.92. The van der Waals surface area contributed by atoms with Gasteiger partial charge >= 0.3 is 0 Å². The predicted octanol–water partition coefficient (Wildman–Crippen LogP) is 0.850. The predicted molar refractivity (Wildman–Crippen MR) is 92.8 cm³/mol. The van der Waals surface area contributed by atoms with Gasteiger partial charge in [0.2, 0.25) is 15.9 Å². The molecule has 3 rings (SSSR count). The van der Waals surface area contributed by atoms with E-state index < -0.39 is 16.1 Å². The molecule has 0 aliphatic carbocycles. The second-order valence-corrected chi connectivity index (χ2v) is 8.25. The highest BCUT2D eigenvalue weighted by atomic mass is 32.2. The minimum atomic E-state index is -3.25. The van der Waals surface area contributed by atoms with E-state index in [4.69, 9.17) is 4.74 Å². The highest BCUT2D eigenvalue weighted by Crippen LogP contribution is 2.30. The van der Waals surface area contributed by atoms with Crippen molar-refractivity contribution in [3.63, 3.8) is 0 Å². The van der Waals surface area contributed by atoms with E-state index in [0.29, 0.717) is 37.5 Å². The molecule has 0 spiro atoms. The third kappa shape index (κ3) is 3.40. The van der Waals surface area contributed by atoms with E-state index in [0.717, 1.165) is 5.56 Å². The van der Waals surface area contributed by atoms with Gasteiger partial charge < -0.3 is 15.4 Å². The summed E-state index contributed by atoms with van der Waals surface area (Å²) in [7, 11) is -3.25. The summed E-state index contributed by atoms with van der Waals surface area (Å²) < 4.78 is 31.2. The Morgan fingerprint density at radius 3 is 2.88 bits per heavy atom. The smallest absolute Gasteiger partial charge is 0.244 e. The molecule has 2 aliphatic rings. The average molecular weight is 353 g/mol. The number of sulfonamides is 1. The van der Waals surface area contributed by atoms with Gasteiger partial charge in [0.25, 0.3) is 0 Å². The number of ether oxygens (including phenoxy) is 1. The molecule has 2 N–H and O–H groups in total. The van der Waals surface area contributed by atoms with Crippen molar-refractivity contribution in [1.82, 2.24) is 5.32 Å². The number of morpholine rings is 1. The van der Waals surface area contributed by atoms with Crippen LogP contribution < -0.4 is 14.9 Å². The van der Waals surface area contributed by atoms with Crippen LogP contribution in [0.3, 0.4) is 0 Å². The maximum absolute atomic E-state index is 12.4. The van der Waals surface area contributed by atoms with Crippen molar-refractivity contribution >= 4 is 27.3 Å². The van der Waals surface area contributed by atoms with E-state index in [9.17, 15) is 13.2 Å². The minimum absolute atomic E-state index is 0.171. The van der Waals surface area contributed by atoms with Crippen molar-refractivity contribution in [2.75, 3.05) is 35.1 Å². The van der Waals surface area contributed by atoms with Crippen LogP contribution in [0, 0.1) is 6.92 Å². The molecule has 132 valence electrons. The first-order chi connectivity index (χ1) is 11.4. The fourth-order valence-corrected chi connectivity index (χ4v) is 4.73. The molecule has 1 aromatic rings. The van der Waals surface area contributed by atoms with Crippen LogP contribution in [-0.4, -0.2) is 51.9 Å². The normalized spacial score (nSPS) is 26.3. The first-order valence-electron chi connectivity index (χ1n) is 8.15. The molecule has 8 heteroatoms. The summed E-state index contributed by atoms with van der Waals surface area (Å²) in [5, 5.41) is 6.00. The number of nitrogens with one attached hydrogen (secondary N) is 2. The Hall–Kier alpha value is -1.64. The van der Waals surface area contributed by atoms with Crippen molar-refractivity contribution in [3.8, 4) is 0 Å². The summed E-state index contributed by atoms with van der Waals surface area (Å²) >= 11 is 0. The number of nitrogens with zero attached hydrogens (tertiary/aromatic N) is 1. The third-order valence-corrected chi connectivity index (χ3v) is 6.30. The van der Waals surface area contributed by atoms with Gasteiger partial charge in [-0.1, -0.05) is 6.07 Å². The first kappa shape index (κ1) is 17.2. The average Bonchev–Trinajstić information content (AvgIpc) is 2.89. The number of rotatable bonds is 3. The van der Waals surface area contributed by atoms with Gasteiger partial charge in [-0.15, -0.1) is 0 Å². The quantitative estimate of drug-likeness (QED) is 0.841. The van der Waals surface area contributed by atoms with Crippen LogP contribution in [-0.2, 0) is 19.6 Å². The van der Waals surface area contributed by atoms with E-state index in [1.54, 1.807) is 12.1 Å². The van der Waals surface area contributed by atoms with E-state index in [-0.39, 0.29) is 17.8 Å². The molecule has 2 heterocycles. The molecule has 24 heavy (non-hydrogen) atoms. The van der Waals surface area contributed by atoms with Crippen LogP contribution in [0.25, 0.3) is 0 Å². The second-order valence-electron chi connectivity index (χ2n) is 6.24. The lowest BCUT2D eigenvalue weighted by molar-refractivity contribution is -0.123. The van der Waals surface area contributed by atoms with Crippen LogP contribution in [0.1, 0.15) is 18.9 Å². The monoisotopic (exact) mass is 353 g/mol. The summed E-state index contributed by atoms with van der Waals surface area (Å²) in [6.45, 7) is 5.43. The molecule has 0 radical (unpaired) electrons. The third-order valence-electron chi connectivity index (χ3n) is 4.44. The zero-order valence-electron chi connectivity index (χ0n) is 13.9. The zero-order valence-corrected chi connectivity index (χ0v) is 14.7. The van der Waals surface area contributed by atoms with Crippen molar-refractivity contribution in [2.45, 2.75) is 32.4 Å². The molecular formula is C16H23N3O4S. The Morgan fingerprint density at radius 1 is 1.42 bits per heavy atom. The highest BCUT2D eigenvalue weighted by molar-refractivity contribution is 7.93. The molecule has 2 atom stereocenters. The van der Waals surface area contributed by atoms with Crippen molar-refractivity contribution in [2.24, 2.45) is 0 Å². The van der Waals surface area contributed by atoms with E-state index in [2.05, 4.69) is 10.6 Å². The fourth-order valence-electron chi connectivity index (χ4n) is 3.11. The summed E-state index contributed by atoms with van der Waals surface area (Å²) in [6.07, 6.45) is 0.418. The first-order valence-corrected chi connectivity index (χ1v) is 9.76. The Morgan fingerprint density at radius 2 is 2.21 bits per heavy atom. The van der Waals surface area contributed by atoms with Gasteiger partial charge in [-0.2, -0.15) is 0 Å². The lowest BCUT2D eigenvalue weighted by Gasteiger charge is -2.29. The largest absolute Gasteiger partial charge is 0.375 e. The highest BCUT2D eigenvalue weighted by Gasteiger charge is 2.31. The molecule has 0 saturated carbocycles. The molecular weight excluding hydrogens is 330 g/mol. The number of hydrogen-bond acceptors (Lipinski definition) is 5. The van der Waals surface area contributed by atoms with E-state index >= 15 is 0 Å². The molecule has 0 aromatic heterocycles. The second kappa shape index (κ2) is 6.70. The number of hydrogen-bond donors (Lipinski definition) is 2. The van der Waals surface area contributed by atoms with Crippen molar-refractivity contribution in [1.29, 1.82) is 0 Å². The summed E-state index contributed by atoms with van der Waals surface area (Å²) in [5.41, 5.74) is 2.08. The van der Waals surface area contributed by atoms with Crippen LogP contribution in [0.5, 0.6) is 0 Å². The lowest BCUT2D eigenvalue weighted by Crippen LogP contribution is -2.53. The van der Waals surface area contributed by atoms with Gasteiger partial charge in [0, 0.05) is 18.8 Å². The van der Waals surface area contributed by atoms with Crippen LogP contribution in [0.2, 0.25) is 0 Å². The molecule has 2 saturated heterocycles. The minimum Gasteiger partial charge on any atom is -0.375 e. The van der Waals surface area contributed by atoms with Gasteiger partial charge in [0.1, 0.15) is 6.04 Å². The molecule has 2 fully saturated rings. The Kier molecular flexibility index (Phi) is 4.80. The Balaban J connectivity index is 1.80. The number of benzene rings is 1. The number of amides is 1. The molecule has 2 aliphatic heterocycles. The summed E-state index contributed by atoms with van der Waals surface area (Å²) in [5.74, 6) is -0.00886. The van der Waals surface area contributed by atoms with Gasteiger partial charge in [-0.25, -0.2) is 8.42 Å². The van der Waals surface area contributed by atoms with Crippen molar-refractivity contribution < 1.29 is 17.9 Å². The molecule has 1 aromatic carbocycles. The SMILES string of the molecule is Cc1ccc(NC(=O)[C@H]2NCCO[C@@H]2C)cc1N1CCCS1(=O)=O. The van der Waals surface area contributed by atoms with Gasteiger partial charge in [0.05, 0.1) is 24.2 Å². The fraction of sp³-hybridized carbons (Fsp3) is 0.562. The number of carbonyl (C=O) groups excluding carboxylic acids is 1. The number of carbonyl (C=O) groups is 1. The maximum atomic E-state index is 12.4. The van der Waals surface area contributed by atoms with Gasteiger partial charge in [-0.3, -0.25) is 9.10 Å². The van der Waals surface area contributed by atoms with Crippen LogP contribution in [0.4, 0.5) is 11.4 Å². The molecule has 7 nitrogen and oxygen atoms in total. The van der Waals surface area contributed by atoms with Crippen molar-refractivity contribution in [3.05, 3.63) is 23.8 Å². The van der Waals surface area contributed by atoms with Crippen LogP contribution >= 0.6 is 0 Å². The van der Waals surface area contributed by atoms with E-state index in [1.165, 1.54) is 4.31 Å². The van der Waals surface area contributed by atoms with Gasteiger partial charge in [0.15, 0.2) is 0 Å². The molecule has 0 bridgehead atoms. The number of aryl methyl sites for hydroxylation is 1.